The molecule has 3 rings (SSSR count). The molecular weight excluding hydrogens is 348 g/mol. The zero-order valence-electron chi connectivity index (χ0n) is 15.3. The van der Waals surface area contributed by atoms with Crippen LogP contribution in [-0.4, -0.2) is 49.8 Å². The van der Waals surface area contributed by atoms with Crippen LogP contribution in [0.4, 0.5) is 0 Å². The van der Waals surface area contributed by atoms with Gasteiger partial charge in [0.05, 0.1) is 32.2 Å². The van der Waals surface area contributed by atoms with Gasteiger partial charge in [-0.1, -0.05) is 0 Å². The van der Waals surface area contributed by atoms with Crippen LogP contribution in [0.1, 0.15) is 23.8 Å². The summed E-state index contributed by atoms with van der Waals surface area (Å²) in [4.78, 5) is 24.0. The smallest absolute Gasteiger partial charge is 0.257 e. The van der Waals surface area contributed by atoms with Crippen molar-refractivity contribution < 1.29 is 18.7 Å². The molecule has 2 heterocycles. The number of benzene rings is 1. The highest BCUT2D eigenvalue weighted by atomic mass is 16.5. The van der Waals surface area contributed by atoms with Crippen LogP contribution in [0.5, 0.6) is 5.75 Å². The molecule has 0 bridgehead atoms. The van der Waals surface area contributed by atoms with E-state index in [-0.39, 0.29) is 30.9 Å². The van der Waals surface area contributed by atoms with Gasteiger partial charge < -0.3 is 14.5 Å². The van der Waals surface area contributed by atoms with Gasteiger partial charge in [-0.15, -0.1) is 0 Å². The van der Waals surface area contributed by atoms with Crippen molar-refractivity contribution in [1.29, 1.82) is 0 Å². The molecule has 0 radical (unpaired) electrons. The largest absolute Gasteiger partial charge is 0.497 e. The Morgan fingerprint density at radius 3 is 2.67 bits per heavy atom. The number of ether oxygens (including phenoxy) is 1. The standard InChI is InChI=1S/C19H22N4O4/c1-20-18(24)11-21-12-19(25)23-16(17-4-3-9-27-17)10-15(22-23)13-5-7-14(26-2)8-6-13/h3-9,16,21H,10-12H2,1-2H3,(H,20,24)/t16-/m1/s1. The van der Waals surface area contributed by atoms with E-state index in [1.54, 1.807) is 26.5 Å². The minimum Gasteiger partial charge on any atom is -0.497 e. The highest BCUT2D eigenvalue weighted by Gasteiger charge is 2.34. The number of methoxy groups -OCH3 is 1. The fourth-order valence-corrected chi connectivity index (χ4v) is 2.85. The SMILES string of the molecule is CNC(=O)CNCC(=O)N1N=C(c2ccc(OC)cc2)C[C@@H]1c1ccco1. The van der Waals surface area contributed by atoms with E-state index in [0.717, 1.165) is 17.0 Å². The summed E-state index contributed by atoms with van der Waals surface area (Å²) in [5.74, 6) is 1.01. The first-order valence-electron chi connectivity index (χ1n) is 8.61. The van der Waals surface area contributed by atoms with Gasteiger partial charge in [-0.25, -0.2) is 5.01 Å². The van der Waals surface area contributed by atoms with Crippen LogP contribution in [0, 0.1) is 0 Å². The third-order valence-electron chi connectivity index (χ3n) is 4.30. The number of hydrogen-bond donors (Lipinski definition) is 2. The van der Waals surface area contributed by atoms with Crippen LogP contribution in [0.15, 0.2) is 52.2 Å². The summed E-state index contributed by atoms with van der Waals surface area (Å²) in [5, 5.41) is 11.3. The first kappa shape index (κ1) is 18.7. The van der Waals surface area contributed by atoms with Crippen LogP contribution in [0.25, 0.3) is 0 Å². The summed E-state index contributed by atoms with van der Waals surface area (Å²) >= 11 is 0. The average Bonchev–Trinajstić information content (AvgIpc) is 3.37. The summed E-state index contributed by atoms with van der Waals surface area (Å²) in [6.07, 6.45) is 2.12. The van der Waals surface area contributed by atoms with Crippen molar-refractivity contribution >= 4 is 17.5 Å². The molecule has 2 aromatic rings. The zero-order valence-corrected chi connectivity index (χ0v) is 15.3. The van der Waals surface area contributed by atoms with E-state index in [9.17, 15) is 9.59 Å². The van der Waals surface area contributed by atoms with Crippen molar-refractivity contribution in [2.24, 2.45) is 5.10 Å². The van der Waals surface area contributed by atoms with Gasteiger partial charge in [0.1, 0.15) is 17.6 Å². The predicted molar refractivity (Wildman–Crippen MR) is 99.4 cm³/mol. The maximum atomic E-state index is 12.7. The number of nitrogens with zero attached hydrogens (tertiary/aromatic N) is 2. The first-order chi connectivity index (χ1) is 13.1. The summed E-state index contributed by atoms with van der Waals surface area (Å²) in [7, 11) is 3.16. The maximum absolute atomic E-state index is 12.7. The van der Waals surface area contributed by atoms with Crippen LogP contribution in [-0.2, 0) is 9.59 Å². The molecule has 0 saturated carbocycles. The van der Waals surface area contributed by atoms with Gasteiger partial charge in [0.15, 0.2) is 0 Å². The minimum absolute atomic E-state index is 0.00399. The molecule has 27 heavy (non-hydrogen) atoms. The third kappa shape index (κ3) is 4.35. The molecule has 2 amide bonds. The first-order valence-corrected chi connectivity index (χ1v) is 8.61. The number of likely N-dealkylation sites (N-methyl/N-ethyl adjacent to an activating group) is 1. The maximum Gasteiger partial charge on any atom is 0.257 e. The molecule has 0 fully saturated rings. The van der Waals surface area contributed by atoms with Crippen LogP contribution in [0.2, 0.25) is 0 Å². The molecule has 0 unspecified atom stereocenters. The number of rotatable bonds is 7. The summed E-state index contributed by atoms with van der Waals surface area (Å²) in [6.45, 7) is 0.0700. The van der Waals surface area contributed by atoms with Gasteiger partial charge in [0, 0.05) is 13.5 Å². The van der Waals surface area contributed by atoms with Crippen molar-refractivity contribution in [1.82, 2.24) is 15.6 Å². The molecule has 0 aliphatic carbocycles. The zero-order chi connectivity index (χ0) is 19.2. The number of carbonyl (C=O) groups excluding carboxylic acids is 2. The van der Waals surface area contributed by atoms with Gasteiger partial charge in [0.2, 0.25) is 5.91 Å². The molecule has 1 aromatic heterocycles. The van der Waals surface area contributed by atoms with Crippen molar-refractivity contribution in [2.75, 3.05) is 27.2 Å². The highest BCUT2D eigenvalue weighted by Crippen LogP contribution is 2.33. The second-order valence-electron chi connectivity index (χ2n) is 6.03. The normalized spacial score (nSPS) is 16.1. The fraction of sp³-hybridized carbons (Fsp3) is 0.316. The molecule has 142 valence electrons. The minimum atomic E-state index is -0.314. The Balaban J connectivity index is 1.77. The Morgan fingerprint density at radius 2 is 2.04 bits per heavy atom. The third-order valence-corrected chi connectivity index (χ3v) is 4.30. The number of carbonyl (C=O) groups is 2. The summed E-state index contributed by atoms with van der Waals surface area (Å²) in [6, 6.07) is 10.8. The van der Waals surface area contributed by atoms with Crippen molar-refractivity contribution in [3.8, 4) is 5.75 Å². The van der Waals surface area contributed by atoms with Crippen LogP contribution < -0.4 is 15.4 Å². The molecule has 0 saturated heterocycles. The van der Waals surface area contributed by atoms with Gasteiger partial charge in [-0.3, -0.25) is 14.9 Å². The Kier molecular flexibility index (Phi) is 5.87. The number of amides is 2. The molecule has 8 nitrogen and oxygen atoms in total. The molecule has 1 aliphatic rings. The van der Waals surface area contributed by atoms with Crippen molar-refractivity contribution in [3.63, 3.8) is 0 Å². The molecule has 8 heteroatoms. The lowest BCUT2D eigenvalue weighted by atomic mass is 10.0. The Morgan fingerprint density at radius 1 is 1.26 bits per heavy atom. The van der Waals surface area contributed by atoms with E-state index in [1.165, 1.54) is 5.01 Å². The van der Waals surface area contributed by atoms with E-state index in [1.807, 2.05) is 30.3 Å². The van der Waals surface area contributed by atoms with Gasteiger partial charge >= 0.3 is 0 Å². The van der Waals surface area contributed by atoms with Crippen molar-refractivity contribution in [2.45, 2.75) is 12.5 Å². The fourth-order valence-electron chi connectivity index (χ4n) is 2.85. The number of nitrogens with one attached hydrogen (secondary N) is 2. The van der Waals surface area contributed by atoms with Crippen LogP contribution in [0.3, 0.4) is 0 Å². The lowest BCUT2D eigenvalue weighted by Gasteiger charge is -2.20. The highest BCUT2D eigenvalue weighted by molar-refractivity contribution is 6.03. The summed E-state index contributed by atoms with van der Waals surface area (Å²) < 4.78 is 10.7. The molecular formula is C19H22N4O4. The van der Waals surface area contributed by atoms with Crippen molar-refractivity contribution in [3.05, 3.63) is 54.0 Å². The second-order valence-corrected chi connectivity index (χ2v) is 6.03. The lowest BCUT2D eigenvalue weighted by molar-refractivity contribution is -0.132. The molecule has 2 N–H and O–H groups in total. The van der Waals surface area contributed by atoms with Gasteiger partial charge in [-0.05, 0) is 42.0 Å². The Hall–Kier alpha value is -3.13. The second kappa shape index (κ2) is 8.50. The van der Waals surface area contributed by atoms with E-state index in [4.69, 9.17) is 9.15 Å². The van der Waals surface area contributed by atoms with E-state index < -0.39 is 0 Å². The van der Waals surface area contributed by atoms with Gasteiger partial charge in [-0.2, -0.15) is 5.10 Å². The monoisotopic (exact) mass is 370 g/mol. The van der Waals surface area contributed by atoms with Crippen LogP contribution >= 0.6 is 0 Å². The topological polar surface area (TPSA) is 96.2 Å². The van der Waals surface area contributed by atoms with E-state index >= 15 is 0 Å². The number of hydrazone groups is 1. The number of furan rings is 1. The predicted octanol–water partition coefficient (Wildman–Crippen LogP) is 1.30. The molecule has 1 atom stereocenters. The molecule has 1 aliphatic heterocycles. The molecule has 0 spiro atoms. The number of hydrogen-bond acceptors (Lipinski definition) is 6. The van der Waals surface area contributed by atoms with Gasteiger partial charge in [0.25, 0.3) is 5.91 Å². The average molecular weight is 370 g/mol. The lowest BCUT2D eigenvalue weighted by Crippen LogP contribution is -2.39. The van der Waals surface area contributed by atoms with E-state index in [2.05, 4.69) is 15.7 Å². The molecule has 1 aromatic carbocycles. The quantitative estimate of drug-likeness (QED) is 0.766. The summed E-state index contributed by atoms with van der Waals surface area (Å²) in [5.41, 5.74) is 1.71. The Bertz CT molecular complexity index is 815. The Labute approximate surface area is 157 Å². The van der Waals surface area contributed by atoms with E-state index in [0.29, 0.717) is 12.2 Å².